The summed E-state index contributed by atoms with van der Waals surface area (Å²) in [6, 6.07) is 8.14. The van der Waals surface area contributed by atoms with Crippen LogP contribution in [0.3, 0.4) is 0 Å². The zero-order valence-electron chi connectivity index (χ0n) is 16.4. The molecular weight excluding hydrogens is 475 g/mol. The minimum atomic E-state index is 0. The first-order valence-corrected chi connectivity index (χ1v) is 10.0. The number of aliphatic imine (C=N–C) groups is 1. The predicted octanol–water partition coefficient (Wildman–Crippen LogP) is 2.39. The van der Waals surface area contributed by atoms with Crippen LogP contribution in [0.4, 0.5) is 0 Å². The number of hydrogen-bond acceptors (Lipinski definition) is 5. The van der Waals surface area contributed by atoms with Crippen molar-refractivity contribution in [2.24, 2.45) is 12.0 Å². The second-order valence-electron chi connectivity index (χ2n) is 5.83. The average Bonchev–Trinajstić information content (AvgIpc) is 2.98. The van der Waals surface area contributed by atoms with Gasteiger partial charge in [0.25, 0.3) is 0 Å². The van der Waals surface area contributed by atoms with E-state index in [-0.39, 0.29) is 24.0 Å². The Morgan fingerprint density at radius 3 is 2.48 bits per heavy atom. The summed E-state index contributed by atoms with van der Waals surface area (Å²) in [6.07, 6.45) is 3.01. The van der Waals surface area contributed by atoms with Crippen LogP contribution in [0.15, 0.2) is 29.3 Å². The van der Waals surface area contributed by atoms with Crippen LogP contribution in [0.2, 0.25) is 0 Å². The van der Waals surface area contributed by atoms with E-state index in [4.69, 9.17) is 4.74 Å². The maximum atomic E-state index is 5.19. The number of guanidine groups is 1. The number of hydrogen-bond donors (Lipinski definition) is 2. The molecule has 2 aromatic rings. The number of aromatic nitrogens is 3. The number of thioether (sulfide) groups is 1. The van der Waals surface area contributed by atoms with Gasteiger partial charge in [-0.05, 0) is 37.3 Å². The Bertz CT molecular complexity index is 704. The molecule has 150 valence electrons. The number of benzene rings is 1. The molecule has 27 heavy (non-hydrogen) atoms. The van der Waals surface area contributed by atoms with Gasteiger partial charge in [-0.3, -0.25) is 0 Å². The van der Waals surface area contributed by atoms with E-state index < -0.39 is 0 Å². The zero-order chi connectivity index (χ0) is 18.8. The van der Waals surface area contributed by atoms with E-state index in [1.807, 2.05) is 30.7 Å². The topological polar surface area (TPSA) is 76.4 Å². The first-order valence-electron chi connectivity index (χ1n) is 8.63. The van der Waals surface area contributed by atoms with Gasteiger partial charge in [-0.15, -0.1) is 34.2 Å². The van der Waals surface area contributed by atoms with E-state index in [1.54, 1.807) is 18.9 Å². The van der Waals surface area contributed by atoms with Crippen molar-refractivity contribution in [1.29, 1.82) is 0 Å². The maximum absolute atomic E-state index is 5.19. The minimum Gasteiger partial charge on any atom is -0.497 e. The summed E-state index contributed by atoms with van der Waals surface area (Å²) < 4.78 is 7.15. The average molecular weight is 504 g/mol. The Labute approximate surface area is 182 Å². The fourth-order valence-electron chi connectivity index (χ4n) is 2.30. The van der Waals surface area contributed by atoms with Gasteiger partial charge in [-0.25, -0.2) is 4.99 Å². The third-order valence-electron chi connectivity index (χ3n) is 4.03. The van der Waals surface area contributed by atoms with Gasteiger partial charge in [-0.2, -0.15) is 11.8 Å². The lowest BCUT2D eigenvalue weighted by Gasteiger charge is -2.12. The molecule has 2 N–H and O–H groups in total. The molecule has 0 unspecified atom stereocenters. The number of methoxy groups -OCH3 is 1. The zero-order valence-corrected chi connectivity index (χ0v) is 19.5. The molecule has 0 aliphatic carbocycles. The molecule has 0 aliphatic heterocycles. The molecular formula is C18H29IN6OS. The first-order chi connectivity index (χ1) is 12.6. The molecule has 0 amide bonds. The number of nitrogens with zero attached hydrogens (tertiary/aromatic N) is 4. The van der Waals surface area contributed by atoms with E-state index in [1.165, 1.54) is 5.56 Å². The van der Waals surface area contributed by atoms with Crippen LogP contribution in [0, 0.1) is 6.92 Å². The molecule has 0 spiro atoms. The molecule has 1 aromatic carbocycles. The van der Waals surface area contributed by atoms with Crippen molar-refractivity contribution in [1.82, 2.24) is 25.4 Å². The van der Waals surface area contributed by atoms with Crippen LogP contribution in [-0.2, 0) is 20.0 Å². The van der Waals surface area contributed by atoms with Crippen molar-refractivity contribution in [2.75, 3.05) is 32.2 Å². The molecule has 0 saturated heterocycles. The lowest BCUT2D eigenvalue weighted by molar-refractivity contribution is 0.414. The van der Waals surface area contributed by atoms with Crippen LogP contribution in [-0.4, -0.2) is 52.9 Å². The van der Waals surface area contributed by atoms with Crippen LogP contribution in [0.5, 0.6) is 5.75 Å². The van der Waals surface area contributed by atoms with Crippen molar-refractivity contribution < 1.29 is 4.74 Å². The summed E-state index contributed by atoms with van der Waals surface area (Å²) >= 11 is 1.80. The predicted molar refractivity (Wildman–Crippen MR) is 123 cm³/mol. The first kappa shape index (κ1) is 23.5. The third-order valence-corrected chi connectivity index (χ3v) is 4.64. The van der Waals surface area contributed by atoms with Gasteiger partial charge in [0.05, 0.1) is 7.11 Å². The van der Waals surface area contributed by atoms with E-state index in [0.29, 0.717) is 6.54 Å². The van der Waals surface area contributed by atoms with E-state index in [2.05, 4.69) is 44.2 Å². The second kappa shape index (κ2) is 12.8. The van der Waals surface area contributed by atoms with Gasteiger partial charge in [-0.1, -0.05) is 12.1 Å². The van der Waals surface area contributed by atoms with Crippen molar-refractivity contribution >= 4 is 41.7 Å². The quantitative estimate of drug-likeness (QED) is 0.237. The fourth-order valence-corrected chi connectivity index (χ4v) is 2.61. The van der Waals surface area contributed by atoms with E-state index >= 15 is 0 Å². The monoisotopic (exact) mass is 504 g/mol. The highest BCUT2D eigenvalue weighted by Gasteiger charge is 2.05. The molecule has 2 rings (SSSR count). The largest absolute Gasteiger partial charge is 0.497 e. The van der Waals surface area contributed by atoms with Gasteiger partial charge in [0.1, 0.15) is 18.1 Å². The van der Waals surface area contributed by atoms with Gasteiger partial charge in [0, 0.05) is 25.9 Å². The molecule has 9 heteroatoms. The van der Waals surface area contributed by atoms with Crippen LogP contribution in [0.25, 0.3) is 0 Å². The van der Waals surface area contributed by atoms with Gasteiger partial charge < -0.3 is 19.9 Å². The van der Waals surface area contributed by atoms with Gasteiger partial charge >= 0.3 is 0 Å². The number of nitrogens with one attached hydrogen (secondary N) is 2. The van der Waals surface area contributed by atoms with Crippen molar-refractivity contribution in [3.05, 3.63) is 41.5 Å². The molecule has 0 saturated carbocycles. The maximum Gasteiger partial charge on any atom is 0.191 e. The Morgan fingerprint density at radius 2 is 1.89 bits per heavy atom. The second-order valence-corrected chi connectivity index (χ2v) is 6.82. The van der Waals surface area contributed by atoms with Crippen LogP contribution < -0.4 is 15.4 Å². The molecule has 0 atom stereocenters. The smallest absolute Gasteiger partial charge is 0.191 e. The summed E-state index contributed by atoms with van der Waals surface area (Å²) in [5.74, 6) is 4.44. The molecule has 0 aliphatic rings. The Hall–Kier alpha value is -1.49. The van der Waals surface area contributed by atoms with E-state index in [9.17, 15) is 0 Å². The Kier molecular flexibility index (Phi) is 11.2. The van der Waals surface area contributed by atoms with Crippen molar-refractivity contribution in [3.8, 4) is 5.75 Å². The standard InChI is InChI=1S/C18H28N6OS.HI/c1-14-22-23-17(24(14)2)13-21-18(20-11-12-26-4)19-10-9-15-5-7-16(25-3)8-6-15;/h5-8H,9-13H2,1-4H3,(H2,19,20,21);1H. The summed E-state index contributed by atoms with van der Waals surface area (Å²) in [6.45, 7) is 4.10. The molecule has 1 heterocycles. The normalized spacial score (nSPS) is 11.0. The molecule has 0 fully saturated rings. The minimum absolute atomic E-state index is 0. The molecule has 0 bridgehead atoms. The molecule has 1 aromatic heterocycles. The molecule has 0 radical (unpaired) electrons. The lowest BCUT2D eigenvalue weighted by Crippen LogP contribution is -2.39. The third kappa shape index (κ3) is 7.96. The summed E-state index contributed by atoms with van der Waals surface area (Å²) in [7, 11) is 3.64. The summed E-state index contributed by atoms with van der Waals surface area (Å²) in [5, 5.41) is 15.0. The summed E-state index contributed by atoms with van der Waals surface area (Å²) in [5.41, 5.74) is 1.26. The van der Waals surface area contributed by atoms with Crippen molar-refractivity contribution in [2.45, 2.75) is 19.9 Å². The number of aryl methyl sites for hydroxylation is 1. The highest BCUT2D eigenvalue weighted by Crippen LogP contribution is 2.11. The SMILES string of the molecule is COc1ccc(CCNC(=NCc2nnc(C)n2C)NCCSC)cc1.I. The van der Waals surface area contributed by atoms with Crippen molar-refractivity contribution in [3.63, 3.8) is 0 Å². The number of rotatable bonds is 9. The van der Waals surface area contributed by atoms with E-state index in [0.717, 1.165) is 48.6 Å². The van der Waals surface area contributed by atoms with Gasteiger partial charge in [0.2, 0.25) is 0 Å². The van der Waals surface area contributed by atoms with Crippen LogP contribution >= 0.6 is 35.7 Å². The lowest BCUT2D eigenvalue weighted by atomic mass is 10.1. The highest BCUT2D eigenvalue weighted by atomic mass is 127. The fraction of sp³-hybridized carbons (Fsp3) is 0.500. The molecule has 7 nitrogen and oxygen atoms in total. The Balaban J connectivity index is 0.00000364. The number of ether oxygens (including phenoxy) is 1. The highest BCUT2D eigenvalue weighted by molar-refractivity contribution is 14.0. The summed E-state index contributed by atoms with van der Waals surface area (Å²) in [4.78, 5) is 4.64. The van der Waals surface area contributed by atoms with Crippen LogP contribution in [0.1, 0.15) is 17.2 Å². The Morgan fingerprint density at radius 1 is 1.19 bits per heavy atom. The number of halogens is 1. The van der Waals surface area contributed by atoms with Gasteiger partial charge in [0.15, 0.2) is 11.8 Å².